The summed E-state index contributed by atoms with van der Waals surface area (Å²) in [5, 5.41) is 0. The zero-order chi connectivity index (χ0) is 16.9. The maximum absolute atomic E-state index is 11.1. The van der Waals surface area contributed by atoms with Crippen molar-refractivity contribution in [3.8, 4) is 5.75 Å². The fourth-order valence-electron chi connectivity index (χ4n) is 2.40. The number of ether oxygens (including phenoxy) is 2. The summed E-state index contributed by atoms with van der Waals surface area (Å²) in [7, 11) is 0. The van der Waals surface area contributed by atoms with Crippen LogP contribution in [0.25, 0.3) is 0 Å². The quantitative estimate of drug-likeness (QED) is 0.449. The summed E-state index contributed by atoms with van der Waals surface area (Å²) in [6.07, 6.45) is 0.458. The molecule has 0 aliphatic rings. The third-order valence-electron chi connectivity index (χ3n) is 3.82. The molecule has 0 saturated heterocycles. The van der Waals surface area contributed by atoms with Gasteiger partial charge in [0.2, 0.25) is 6.29 Å². The third-order valence-corrected chi connectivity index (χ3v) is 3.82. The Bertz CT molecular complexity index is 657. The van der Waals surface area contributed by atoms with E-state index in [1.807, 2.05) is 42.5 Å². The SMILES string of the molecule is C=CC(=O)OC(C)Oc1ccc(C(C)(C)c2ccccc2)cc1. The van der Waals surface area contributed by atoms with E-state index in [-0.39, 0.29) is 5.41 Å². The highest BCUT2D eigenvalue weighted by atomic mass is 16.7. The van der Waals surface area contributed by atoms with Crippen LogP contribution in [0.3, 0.4) is 0 Å². The molecule has 3 nitrogen and oxygen atoms in total. The Morgan fingerprint density at radius 1 is 1.04 bits per heavy atom. The van der Waals surface area contributed by atoms with Crippen LogP contribution in [0, 0.1) is 0 Å². The van der Waals surface area contributed by atoms with Gasteiger partial charge >= 0.3 is 5.97 Å². The number of benzene rings is 2. The van der Waals surface area contributed by atoms with Gasteiger partial charge in [-0.15, -0.1) is 0 Å². The van der Waals surface area contributed by atoms with Gasteiger partial charge < -0.3 is 9.47 Å². The molecule has 0 aromatic heterocycles. The Labute approximate surface area is 137 Å². The van der Waals surface area contributed by atoms with Crippen molar-refractivity contribution in [3.05, 3.63) is 78.4 Å². The first kappa shape index (κ1) is 16.8. The predicted molar refractivity (Wildman–Crippen MR) is 91.4 cm³/mol. The van der Waals surface area contributed by atoms with Gasteiger partial charge in [-0.25, -0.2) is 4.79 Å². The van der Waals surface area contributed by atoms with E-state index >= 15 is 0 Å². The summed E-state index contributed by atoms with van der Waals surface area (Å²) in [4.78, 5) is 11.1. The molecular weight excluding hydrogens is 288 g/mol. The van der Waals surface area contributed by atoms with Gasteiger partial charge in [0.05, 0.1) is 0 Å². The van der Waals surface area contributed by atoms with E-state index in [9.17, 15) is 4.79 Å². The molecule has 0 fully saturated rings. The van der Waals surface area contributed by atoms with E-state index in [1.165, 1.54) is 11.1 Å². The highest BCUT2D eigenvalue weighted by Crippen LogP contribution is 2.32. The number of hydrogen-bond acceptors (Lipinski definition) is 3. The lowest BCUT2D eigenvalue weighted by atomic mass is 9.78. The first-order valence-corrected chi connectivity index (χ1v) is 7.59. The molecule has 0 bridgehead atoms. The first-order chi connectivity index (χ1) is 10.9. The monoisotopic (exact) mass is 310 g/mol. The van der Waals surface area contributed by atoms with Gasteiger partial charge in [-0.3, -0.25) is 0 Å². The van der Waals surface area contributed by atoms with Crippen molar-refractivity contribution in [1.82, 2.24) is 0 Å². The summed E-state index contributed by atoms with van der Waals surface area (Å²) in [6.45, 7) is 9.40. The number of hydrogen-bond donors (Lipinski definition) is 0. The molecule has 0 heterocycles. The molecule has 2 aromatic carbocycles. The summed E-state index contributed by atoms with van der Waals surface area (Å²) < 4.78 is 10.6. The van der Waals surface area contributed by atoms with Crippen molar-refractivity contribution in [2.45, 2.75) is 32.5 Å². The van der Waals surface area contributed by atoms with Crippen LogP contribution in [0.15, 0.2) is 67.3 Å². The molecule has 2 aromatic rings. The Morgan fingerprint density at radius 2 is 1.61 bits per heavy atom. The van der Waals surface area contributed by atoms with Gasteiger partial charge in [-0.05, 0) is 23.3 Å². The van der Waals surface area contributed by atoms with Crippen molar-refractivity contribution < 1.29 is 14.3 Å². The fraction of sp³-hybridized carbons (Fsp3) is 0.250. The largest absolute Gasteiger partial charge is 0.455 e. The number of carbonyl (C=O) groups is 1. The van der Waals surface area contributed by atoms with Gasteiger partial charge in [0, 0.05) is 18.4 Å². The van der Waals surface area contributed by atoms with Gasteiger partial charge in [0.25, 0.3) is 0 Å². The molecule has 1 atom stereocenters. The van der Waals surface area contributed by atoms with Crippen LogP contribution < -0.4 is 4.74 Å². The van der Waals surface area contributed by atoms with Crippen LogP contribution in [-0.2, 0) is 14.9 Å². The Morgan fingerprint density at radius 3 is 2.17 bits per heavy atom. The summed E-state index contributed by atoms with van der Waals surface area (Å²) >= 11 is 0. The van der Waals surface area contributed by atoms with Crippen molar-refractivity contribution >= 4 is 5.97 Å². The lowest BCUT2D eigenvalue weighted by molar-refractivity contribution is -0.154. The smallest absolute Gasteiger partial charge is 0.333 e. The summed E-state index contributed by atoms with van der Waals surface area (Å²) in [5.41, 5.74) is 2.34. The molecule has 0 spiro atoms. The number of carbonyl (C=O) groups excluding carboxylic acids is 1. The van der Waals surface area contributed by atoms with Crippen molar-refractivity contribution in [1.29, 1.82) is 0 Å². The molecule has 1 unspecified atom stereocenters. The minimum absolute atomic E-state index is 0.0965. The second kappa shape index (κ2) is 7.14. The molecule has 0 radical (unpaired) electrons. The van der Waals surface area contributed by atoms with Crippen molar-refractivity contribution in [2.75, 3.05) is 0 Å². The summed E-state index contributed by atoms with van der Waals surface area (Å²) in [5.74, 6) is 0.154. The Balaban J connectivity index is 2.10. The minimum atomic E-state index is -0.659. The second-order valence-electron chi connectivity index (χ2n) is 5.84. The topological polar surface area (TPSA) is 35.5 Å². The maximum Gasteiger partial charge on any atom is 0.333 e. The molecule has 120 valence electrons. The van der Waals surface area contributed by atoms with Crippen molar-refractivity contribution in [3.63, 3.8) is 0 Å². The van der Waals surface area contributed by atoms with E-state index in [1.54, 1.807) is 6.92 Å². The normalized spacial score (nSPS) is 12.3. The van der Waals surface area contributed by atoms with E-state index in [0.717, 1.165) is 6.08 Å². The predicted octanol–water partition coefficient (Wildman–Crippen LogP) is 4.47. The second-order valence-corrected chi connectivity index (χ2v) is 5.84. The zero-order valence-electron chi connectivity index (χ0n) is 13.8. The molecular formula is C20H22O3. The van der Waals surface area contributed by atoms with E-state index in [2.05, 4.69) is 32.6 Å². The van der Waals surface area contributed by atoms with Crippen LogP contribution >= 0.6 is 0 Å². The summed E-state index contributed by atoms with van der Waals surface area (Å²) in [6, 6.07) is 18.2. The van der Waals surface area contributed by atoms with E-state index < -0.39 is 12.3 Å². The highest BCUT2D eigenvalue weighted by molar-refractivity contribution is 5.81. The third kappa shape index (κ3) is 4.22. The lowest BCUT2D eigenvalue weighted by Gasteiger charge is -2.26. The molecule has 0 N–H and O–H groups in total. The van der Waals surface area contributed by atoms with Crippen LogP contribution in [0.2, 0.25) is 0 Å². The average molecular weight is 310 g/mol. The molecule has 0 aliphatic carbocycles. The van der Waals surface area contributed by atoms with Gasteiger partial charge in [0.1, 0.15) is 5.75 Å². The lowest BCUT2D eigenvalue weighted by Crippen LogP contribution is -2.20. The fourth-order valence-corrected chi connectivity index (χ4v) is 2.40. The van der Waals surface area contributed by atoms with Crippen LogP contribution in [0.1, 0.15) is 31.9 Å². The molecule has 0 saturated carbocycles. The van der Waals surface area contributed by atoms with Gasteiger partial charge in [-0.2, -0.15) is 0 Å². The highest BCUT2D eigenvalue weighted by Gasteiger charge is 2.22. The number of esters is 1. The van der Waals surface area contributed by atoms with Crippen LogP contribution in [0.4, 0.5) is 0 Å². The Kier molecular flexibility index (Phi) is 5.22. The molecule has 23 heavy (non-hydrogen) atoms. The van der Waals surface area contributed by atoms with Crippen LogP contribution in [-0.4, -0.2) is 12.3 Å². The molecule has 0 amide bonds. The average Bonchev–Trinajstić information content (AvgIpc) is 2.56. The van der Waals surface area contributed by atoms with E-state index in [0.29, 0.717) is 5.75 Å². The zero-order valence-corrected chi connectivity index (χ0v) is 13.8. The van der Waals surface area contributed by atoms with Crippen molar-refractivity contribution in [2.24, 2.45) is 0 Å². The molecule has 3 heteroatoms. The molecule has 0 aliphatic heterocycles. The molecule has 2 rings (SSSR count). The van der Waals surface area contributed by atoms with E-state index in [4.69, 9.17) is 9.47 Å². The Hall–Kier alpha value is -2.55. The van der Waals surface area contributed by atoms with Crippen LogP contribution in [0.5, 0.6) is 5.75 Å². The minimum Gasteiger partial charge on any atom is -0.455 e. The standard InChI is InChI=1S/C20H22O3/c1-5-19(21)23-15(2)22-18-13-11-17(12-14-18)20(3,4)16-9-7-6-8-10-16/h5-15H,1H2,2-4H3. The van der Waals surface area contributed by atoms with Gasteiger partial charge in [-0.1, -0.05) is 62.9 Å². The maximum atomic E-state index is 11.1. The number of rotatable bonds is 6. The first-order valence-electron chi connectivity index (χ1n) is 7.59. The van der Waals surface area contributed by atoms with Gasteiger partial charge in [0.15, 0.2) is 0 Å².